The van der Waals surface area contributed by atoms with Crippen molar-refractivity contribution in [3.63, 3.8) is 0 Å². The summed E-state index contributed by atoms with van der Waals surface area (Å²) in [6.45, 7) is 3.10. The summed E-state index contributed by atoms with van der Waals surface area (Å²) in [6, 6.07) is 4.79. The fraction of sp³-hybridized carbons (Fsp3) is 0.333. The highest BCUT2D eigenvalue weighted by atomic mass is 35.5. The van der Waals surface area contributed by atoms with E-state index in [1.165, 1.54) is 17.8 Å². The number of hydrogen-bond donors (Lipinski definition) is 1. The van der Waals surface area contributed by atoms with Crippen molar-refractivity contribution in [1.82, 2.24) is 14.8 Å². The molecule has 1 aromatic carbocycles. The van der Waals surface area contributed by atoms with Crippen molar-refractivity contribution in [1.29, 1.82) is 0 Å². The van der Waals surface area contributed by atoms with Crippen LogP contribution in [-0.4, -0.2) is 14.8 Å². The summed E-state index contributed by atoms with van der Waals surface area (Å²) in [6.07, 6.45) is 0. The van der Waals surface area contributed by atoms with Crippen molar-refractivity contribution >= 4 is 23.4 Å². The van der Waals surface area contributed by atoms with Crippen LogP contribution in [0.4, 0.5) is 4.39 Å². The van der Waals surface area contributed by atoms with Crippen LogP contribution in [0.1, 0.15) is 18.3 Å². The molecule has 0 amide bonds. The normalized spacial score (nSPS) is 10.9. The van der Waals surface area contributed by atoms with E-state index in [-0.39, 0.29) is 5.02 Å². The van der Waals surface area contributed by atoms with E-state index >= 15 is 0 Å². The van der Waals surface area contributed by atoms with Gasteiger partial charge in [-0.05, 0) is 18.6 Å². The number of thioether (sulfide) groups is 1. The maximum Gasteiger partial charge on any atom is 0.191 e. The van der Waals surface area contributed by atoms with E-state index in [1.54, 1.807) is 12.1 Å². The summed E-state index contributed by atoms with van der Waals surface area (Å²) in [4.78, 5) is 0. The SMILES string of the molecule is CCn1c(CN)nnc1SCc1cccc(F)c1Cl. The Morgan fingerprint density at radius 2 is 2.21 bits per heavy atom. The van der Waals surface area contributed by atoms with Crippen LogP contribution < -0.4 is 5.73 Å². The molecule has 7 heteroatoms. The molecule has 0 atom stereocenters. The standard InChI is InChI=1S/C12H14ClFN4S/c1-2-18-10(6-15)16-17-12(18)19-7-8-4-3-5-9(14)11(8)13/h3-5H,2,6-7,15H2,1H3. The van der Waals surface area contributed by atoms with Gasteiger partial charge in [0.1, 0.15) is 11.6 Å². The Labute approximate surface area is 120 Å². The largest absolute Gasteiger partial charge is 0.324 e. The van der Waals surface area contributed by atoms with Gasteiger partial charge in [-0.15, -0.1) is 10.2 Å². The van der Waals surface area contributed by atoms with Gasteiger partial charge in [-0.1, -0.05) is 35.5 Å². The van der Waals surface area contributed by atoms with Gasteiger partial charge in [0.15, 0.2) is 5.16 Å². The van der Waals surface area contributed by atoms with E-state index in [4.69, 9.17) is 17.3 Å². The van der Waals surface area contributed by atoms with Crippen LogP contribution >= 0.6 is 23.4 Å². The van der Waals surface area contributed by atoms with Gasteiger partial charge in [-0.25, -0.2) is 4.39 Å². The molecule has 0 saturated heterocycles. The van der Waals surface area contributed by atoms with Gasteiger partial charge in [0.25, 0.3) is 0 Å². The number of halogens is 2. The predicted molar refractivity (Wildman–Crippen MR) is 74.6 cm³/mol. The number of nitrogens with zero attached hydrogens (tertiary/aromatic N) is 3. The lowest BCUT2D eigenvalue weighted by molar-refractivity contribution is 0.626. The lowest BCUT2D eigenvalue weighted by atomic mass is 10.2. The predicted octanol–water partition coefficient (Wildman–Crippen LogP) is 2.84. The van der Waals surface area contributed by atoms with E-state index in [2.05, 4.69) is 10.2 Å². The van der Waals surface area contributed by atoms with Gasteiger partial charge in [0.2, 0.25) is 0 Å². The second-order valence-corrected chi connectivity index (χ2v) is 5.17. The lowest BCUT2D eigenvalue weighted by Gasteiger charge is -2.07. The van der Waals surface area contributed by atoms with Gasteiger partial charge in [-0.2, -0.15) is 0 Å². The first kappa shape index (κ1) is 14.3. The van der Waals surface area contributed by atoms with Crippen molar-refractivity contribution in [2.75, 3.05) is 0 Å². The monoisotopic (exact) mass is 300 g/mol. The number of nitrogens with two attached hydrogens (primary N) is 1. The quantitative estimate of drug-likeness (QED) is 0.863. The van der Waals surface area contributed by atoms with E-state index in [0.29, 0.717) is 12.3 Å². The Morgan fingerprint density at radius 1 is 1.42 bits per heavy atom. The third-order valence-corrected chi connectivity index (χ3v) is 4.12. The van der Waals surface area contributed by atoms with Crippen LogP contribution in [-0.2, 0) is 18.8 Å². The van der Waals surface area contributed by atoms with Gasteiger partial charge in [0, 0.05) is 12.3 Å². The molecule has 0 aliphatic rings. The minimum Gasteiger partial charge on any atom is -0.324 e. The maximum absolute atomic E-state index is 13.3. The molecule has 0 fully saturated rings. The minimum atomic E-state index is -0.403. The molecule has 0 unspecified atom stereocenters. The molecule has 2 N–H and O–H groups in total. The molecule has 0 spiro atoms. The number of benzene rings is 1. The van der Waals surface area contributed by atoms with Crippen LogP contribution in [0.15, 0.2) is 23.4 Å². The summed E-state index contributed by atoms with van der Waals surface area (Å²) in [5.41, 5.74) is 6.33. The van der Waals surface area contributed by atoms with Crippen molar-refractivity contribution in [3.05, 3.63) is 40.4 Å². The van der Waals surface area contributed by atoms with Crippen LogP contribution in [0.3, 0.4) is 0 Å². The molecular weight excluding hydrogens is 287 g/mol. The summed E-state index contributed by atoms with van der Waals surface area (Å²) in [5, 5.41) is 9.03. The summed E-state index contributed by atoms with van der Waals surface area (Å²) in [7, 11) is 0. The van der Waals surface area contributed by atoms with Crippen molar-refractivity contribution in [2.24, 2.45) is 5.73 Å². The van der Waals surface area contributed by atoms with Crippen LogP contribution in [0.2, 0.25) is 5.02 Å². The molecule has 102 valence electrons. The molecule has 0 aliphatic carbocycles. The van der Waals surface area contributed by atoms with Gasteiger partial charge >= 0.3 is 0 Å². The average molecular weight is 301 g/mol. The highest BCUT2D eigenvalue weighted by molar-refractivity contribution is 7.98. The molecule has 0 bridgehead atoms. The third kappa shape index (κ3) is 3.08. The van der Waals surface area contributed by atoms with E-state index in [9.17, 15) is 4.39 Å². The zero-order valence-electron chi connectivity index (χ0n) is 10.4. The molecule has 19 heavy (non-hydrogen) atoms. The molecule has 1 aromatic heterocycles. The Bertz CT molecular complexity index is 573. The second kappa shape index (κ2) is 6.36. The van der Waals surface area contributed by atoms with E-state index in [0.717, 1.165) is 23.1 Å². The highest BCUT2D eigenvalue weighted by Gasteiger charge is 2.12. The smallest absolute Gasteiger partial charge is 0.191 e. The van der Waals surface area contributed by atoms with Gasteiger partial charge < -0.3 is 10.3 Å². The molecule has 0 radical (unpaired) electrons. The highest BCUT2D eigenvalue weighted by Crippen LogP contribution is 2.27. The minimum absolute atomic E-state index is 0.164. The molecule has 1 heterocycles. The number of hydrogen-bond acceptors (Lipinski definition) is 4. The van der Waals surface area contributed by atoms with Crippen LogP contribution in [0.25, 0.3) is 0 Å². The first-order chi connectivity index (χ1) is 9.17. The van der Waals surface area contributed by atoms with Gasteiger partial charge in [0.05, 0.1) is 11.6 Å². The molecule has 0 saturated carbocycles. The van der Waals surface area contributed by atoms with Crippen molar-refractivity contribution in [3.8, 4) is 0 Å². The molecular formula is C12H14ClFN4S. The summed E-state index contributed by atoms with van der Waals surface area (Å²) in [5.74, 6) is 0.883. The Kier molecular flexibility index (Phi) is 4.79. The Morgan fingerprint density at radius 3 is 2.89 bits per heavy atom. The first-order valence-electron chi connectivity index (χ1n) is 5.85. The zero-order chi connectivity index (χ0) is 13.8. The topological polar surface area (TPSA) is 56.7 Å². The summed E-state index contributed by atoms with van der Waals surface area (Å²) < 4.78 is 15.3. The van der Waals surface area contributed by atoms with E-state index < -0.39 is 5.82 Å². The molecule has 2 rings (SSSR count). The van der Waals surface area contributed by atoms with Crippen molar-refractivity contribution < 1.29 is 4.39 Å². The number of aromatic nitrogens is 3. The molecule has 4 nitrogen and oxygen atoms in total. The maximum atomic E-state index is 13.3. The first-order valence-corrected chi connectivity index (χ1v) is 7.21. The zero-order valence-corrected chi connectivity index (χ0v) is 12.0. The number of rotatable bonds is 5. The Balaban J connectivity index is 2.14. The molecule has 2 aromatic rings. The van der Waals surface area contributed by atoms with Crippen LogP contribution in [0, 0.1) is 5.82 Å². The fourth-order valence-electron chi connectivity index (χ4n) is 1.70. The molecule has 0 aliphatic heterocycles. The Hall–Kier alpha value is -1.11. The fourth-order valence-corrected chi connectivity index (χ4v) is 2.98. The van der Waals surface area contributed by atoms with Crippen molar-refractivity contribution in [2.45, 2.75) is 30.9 Å². The summed E-state index contributed by atoms with van der Waals surface area (Å²) >= 11 is 7.38. The third-order valence-electron chi connectivity index (χ3n) is 2.68. The van der Waals surface area contributed by atoms with E-state index in [1.807, 2.05) is 11.5 Å². The lowest BCUT2D eigenvalue weighted by Crippen LogP contribution is -2.08. The van der Waals surface area contributed by atoms with Gasteiger partial charge in [-0.3, -0.25) is 0 Å². The average Bonchev–Trinajstić information content (AvgIpc) is 2.82. The van der Waals surface area contributed by atoms with Crippen LogP contribution in [0.5, 0.6) is 0 Å². The second-order valence-electron chi connectivity index (χ2n) is 3.85.